The van der Waals surface area contributed by atoms with Crippen LogP contribution in [-0.2, 0) is 0 Å². The first kappa shape index (κ1) is 14.4. The van der Waals surface area contributed by atoms with Gasteiger partial charge in [0.15, 0.2) is 0 Å². The topological polar surface area (TPSA) is 9.23 Å². The van der Waals surface area contributed by atoms with Gasteiger partial charge in [0.25, 0.3) is 0 Å². The molecule has 16 heavy (non-hydrogen) atoms. The van der Waals surface area contributed by atoms with Gasteiger partial charge < -0.3 is 4.74 Å². The van der Waals surface area contributed by atoms with Crippen LogP contribution in [0.1, 0.15) is 19.3 Å². The van der Waals surface area contributed by atoms with Gasteiger partial charge >= 0.3 is 0 Å². The Labute approximate surface area is 119 Å². The Hall–Kier alpha value is 0.370. The second-order valence-electron chi connectivity index (χ2n) is 3.29. The minimum absolute atomic E-state index is 0.564. The van der Waals surface area contributed by atoms with Gasteiger partial charge in [0.1, 0.15) is 5.75 Å². The van der Waals surface area contributed by atoms with Gasteiger partial charge in [0.2, 0.25) is 0 Å². The fourth-order valence-electron chi connectivity index (χ4n) is 1.17. The number of hydrogen-bond donors (Lipinski definition) is 0. The summed E-state index contributed by atoms with van der Waals surface area (Å²) >= 11 is 20.8. The van der Waals surface area contributed by atoms with Gasteiger partial charge in [-0.15, -0.1) is 11.6 Å². The summed E-state index contributed by atoms with van der Waals surface area (Å²) in [6, 6.07) is 3.45. The zero-order valence-corrected chi connectivity index (χ0v) is 12.5. The molecule has 0 spiro atoms. The van der Waals surface area contributed by atoms with Crippen LogP contribution in [0.5, 0.6) is 5.75 Å². The molecule has 0 fully saturated rings. The van der Waals surface area contributed by atoms with Crippen molar-refractivity contribution in [2.45, 2.75) is 19.3 Å². The third-order valence-electron chi connectivity index (χ3n) is 2.01. The predicted molar refractivity (Wildman–Crippen MR) is 74.2 cm³/mol. The Morgan fingerprint density at radius 2 is 1.81 bits per heavy atom. The zero-order chi connectivity index (χ0) is 12.0. The highest BCUT2D eigenvalue weighted by molar-refractivity contribution is 9.10. The summed E-state index contributed by atoms with van der Waals surface area (Å²) in [5.74, 6) is 1.32. The molecule has 0 aromatic heterocycles. The highest BCUT2D eigenvalue weighted by atomic mass is 79.9. The van der Waals surface area contributed by atoms with E-state index in [2.05, 4.69) is 15.9 Å². The molecule has 90 valence electrons. The number of rotatable bonds is 6. The first-order chi connectivity index (χ1) is 7.65. The first-order valence-electron chi connectivity index (χ1n) is 4.98. The molecule has 0 aliphatic heterocycles. The van der Waals surface area contributed by atoms with Crippen molar-refractivity contribution >= 4 is 50.7 Å². The number of unbranched alkanes of at least 4 members (excludes halogenated alkanes) is 2. The van der Waals surface area contributed by atoms with E-state index in [0.29, 0.717) is 28.3 Å². The normalized spacial score (nSPS) is 10.5. The van der Waals surface area contributed by atoms with E-state index in [1.807, 2.05) is 0 Å². The van der Waals surface area contributed by atoms with Crippen molar-refractivity contribution in [1.82, 2.24) is 0 Å². The molecule has 0 saturated carbocycles. The number of alkyl halides is 1. The van der Waals surface area contributed by atoms with Crippen molar-refractivity contribution in [2.24, 2.45) is 0 Å². The molecule has 0 amide bonds. The van der Waals surface area contributed by atoms with Crippen LogP contribution in [0.15, 0.2) is 16.6 Å². The lowest BCUT2D eigenvalue weighted by molar-refractivity contribution is 0.306. The number of benzene rings is 1. The van der Waals surface area contributed by atoms with E-state index in [4.69, 9.17) is 39.5 Å². The average Bonchev–Trinajstić information content (AvgIpc) is 2.25. The maximum Gasteiger partial charge on any atom is 0.139 e. The van der Waals surface area contributed by atoms with Gasteiger partial charge in [-0.2, -0.15) is 0 Å². The monoisotopic (exact) mass is 344 g/mol. The third-order valence-corrected chi connectivity index (χ3v) is 3.77. The minimum atomic E-state index is 0.564. The lowest BCUT2D eigenvalue weighted by Gasteiger charge is -2.09. The average molecular weight is 346 g/mol. The summed E-state index contributed by atoms with van der Waals surface area (Å²) in [4.78, 5) is 0. The Morgan fingerprint density at radius 1 is 1.06 bits per heavy atom. The van der Waals surface area contributed by atoms with Crippen LogP contribution in [0.3, 0.4) is 0 Å². The van der Waals surface area contributed by atoms with Crippen molar-refractivity contribution in [3.8, 4) is 5.75 Å². The van der Waals surface area contributed by atoms with Crippen LogP contribution in [0.25, 0.3) is 0 Å². The van der Waals surface area contributed by atoms with Gasteiger partial charge in [-0.3, -0.25) is 0 Å². The molecule has 1 rings (SSSR count). The van der Waals surface area contributed by atoms with E-state index in [0.717, 1.165) is 23.7 Å². The molecule has 0 heterocycles. The first-order valence-corrected chi connectivity index (χ1v) is 7.07. The van der Waals surface area contributed by atoms with Crippen molar-refractivity contribution in [3.63, 3.8) is 0 Å². The van der Waals surface area contributed by atoms with Crippen LogP contribution in [-0.4, -0.2) is 12.5 Å². The molecule has 0 atom stereocenters. The molecule has 0 aliphatic rings. The molecule has 1 nitrogen and oxygen atoms in total. The molecule has 1 aromatic rings. The summed E-state index contributed by atoms with van der Waals surface area (Å²) in [7, 11) is 0. The van der Waals surface area contributed by atoms with Crippen LogP contribution in [0.2, 0.25) is 10.0 Å². The second kappa shape index (κ2) is 7.65. The molecule has 0 N–H and O–H groups in total. The summed E-state index contributed by atoms with van der Waals surface area (Å²) in [6.07, 6.45) is 3.04. The Balaban J connectivity index is 2.45. The summed E-state index contributed by atoms with van der Waals surface area (Å²) in [5.41, 5.74) is 0. The molecular formula is C11H12BrCl3O. The molecule has 0 unspecified atom stereocenters. The maximum absolute atomic E-state index is 6.01. The minimum Gasteiger partial charge on any atom is -0.492 e. The van der Waals surface area contributed by atoms with Crippen molar-refractivity contribution in [3.05, 3.63) is 26.7 Å². The van der Waals surface area contributed by atoms with Crippen molar-refractivity contribution in [1.29, 1.82) is 0 Å². The number of halogens is 4. The largest absolute Gasteiger partial charge is 0.492 e. The smallest absolute Gasteiger partial charge is 0.139 e. The van der Waals surface area contributed by atoms with Crippen LogP contribution in [0.4, 0.5) is 0 Å². The molecule has 0 radical (unpaired) electrons. The highest BCUT2D eigenvalue weighted by Crippen LogP contribution is 2.34. The summed E-state index contributed by atoms with van der Waals surface area (Å²) < 4.78 is 6.31. The lowest BCUT2D eigenvalue weighted by Crippen LogP contribution is -1.98. The van der Waals surface area contributed by atoms with Crippen LogP contribution < -0.4 is 4.74 Å². The van der Waals surface area contributed by atoms with E-state index in [1.54, 1.807) is 12.1 Å². The molecule has 5 heteroatoms. The van der Waals surface area contributed by atoms with Gasteiger partial charge in [-0.25, -0.2) is 0 Å². The SMILES string of the molecule is ClCCCCCOc1cc(Cl)c(Br)cc1Cl. The quantitative estimate of drug-likeness (QED) is 0.373. The molecular weight excluding hydrogens is 334 g/mol. The molecule has 0 aliphatic carbocycles. The van der Waals surface area contributed by atoms with E-state index in [9.17, 15) is 0 Å². The maximum atomic E-state index is 6.01. The van der Waals surface area contributed by atoms with E-state index >= 15 is 0 Å². The number of ether oxygens (including phenoxy) is 1. The molecule has 0 saturated heterocycles. The number of hydrogen-bond acceptors (Lipinski definition) is 1. The van der Waals surface area contributed by atoms with E-state index in [1.165, 1.54) is 0 Å². The van der Waals surface area contributed by atoms with Gasteiger partial charge in [0, 0.05) is 16.4 Å². The fraction of sp³-hybridized carbons (Fsp3) is 0.455. The molecule has 1 aromatic carbocycles. The van der Waals surface area contributed by atoms with Crippen LogP contribution >= 0.6 is 50.7 Å². The van der Waals surface area contributed by atoms with E-state index in [-0.39, 0.29) is 0 Å². The van der Waals surface area contributed by atoms with Crippen LogP contribution in [0, 0.1) is 0 Å². The Morgan fingerprint density at radius 3 is 2.50 bits per heavy atom. The lowest BCUT2D eigenvalue weighted by atomic mass is 10.3. The second-order valence-corrected chi connectivity index (χ2v) is 5.34. The predicted octanol–water partition coefficient (Wildman–Crippen LogP) is 5.54. The zero-order valence-electron chi connectivity index (χ0n) is 8.61. The Kier molecular flexibility index (Phi) is 6.90. The fourth-order valence-corrected chi connectivity index (χ4v) is 2.21. The van der Waals surface area contributed by atoms with Gasteiger partial charge in [-0.05, 0) is 41.3 Å². The summed E-state index contributed by atoms with van der Waals surface area (Å²) in [5, 5.41) is 1.16. The Bertz CT molecular complexity index is 344. The van der Waals surface area contributed by atoms with Crippen molar-refractivity contribution in [2.75, 3.05) is 12.5 Å². The molecule has 0 bridgehead atoms. The standard InChI is InChI=1S/C11H12BrCl3O/c12-8-6-10(15)11(7-9(8)14)16-5-3-1-2-4-13/h6-7H,1-5H2. The van der Waals surface area contributed by atoms with E-state index < -0.39 is 0 Å². The van der Waals surface area contributed by atoms with Crippen molar-refractivity contribution < 1.29 is 4.74 Å². The van der Waals surface area contributed by atoms with Gasteiger partial charge in [0.05, 0.1) is 16.7 Å². The third kappa shape index (κ3) is 4.70. The highest BCUT2D eigenvalue weighted by Gasteiger charge is 2.06. The van der Waals surface area contributed by atoms with Gasteiger partial charge in [-0.1, -0.05) is 23.2 Å². The summed E-state index contributed by atoms with van der Waals surface area (Å²) in [6.45, 7) is 0.634.